The topological polar surface area (TPSA) is 70.7 Å². The molecule has 1 saturated heterocycles. The predicted octanol–water partition coefficient (Wildman–Crippen LogP) is 0.526. The molecule has 2 amide bonds. The third kappa shape index (κ3) is 3.52. The van der Waals surface area contributed by atoms with E-state index < -0.39 is 6.04 Å². The Hall–Kier alpha value is -2.08. The summed E-state index contributed by atoms with van der Waals surface area (Å²) in [6.45, 7) is 1.18. The number of carbonyl (C=O) groups is 2. The van der Waals surface area contributed by atoms with Crippen LogP contribution in [0.2, 0.25) is 0 Å². The van der Waals surface area contributed by atoms with E-state index in [0.717, 1.165) is 5.69 Å². The van der Waals surface area contributed by atoms with Gasteiger partial charge in [-0.05, 0) is 25.6 Å². The number of nitrogens with one attached hydrogen (secondary N) is 2. The largest absolute Gasteiger partial charge is 0.495 e. The number of para-hydroxylation sites is 2. The number of benzene rings is 1. The third-order valence-electron chi connectivity index (χ3n) is 3.52. The molecular weight excluding hydrogens is 270 g/mol. The monoisotopic (exact) mass is 291 g/mol. The Bertz CT molecular complexity index is 519. The Kier molecular flexibility index (Phi) is 5.16. The highest BCUT2D eigenvalue weighted by atomic mass is 16.5. The van der Waals surface area contributed by atoms with E-state index in [1.165, 1.54) is 0 Å². The molecule has 1 atom stereocenters. The molecular formula is C15H21N3O3. The average Bonchev–Trinajstić information content (AvgIpc) is 2.86. The Balaban J connectivity index is 2.03. The van der Waals surface area contributed by atoms with Gasteiger partial charge < -0.3 is 20.3 Å². The normalized spacial score (nSPS) is 17.9. The van der Waals surface area contributed by atoms with Gasteiger partial charge in [0.05, 0.1) is 12.8 Å². The zero-order chi connectivity index (χ0) is 15.2. The molecule has 2 rings (SSSR count). The fourth-order valence-corrected chi connectivity index (χ4v) is 2.41. The Morgan fingerprint density at radius 1 is 1.43 bits per heavy atom. The summed E-state index contributed by atoms with van der Waals surface area (Å²) in [7, 11) is 3.37. The van der Waals surface area contributed by atoms with Crippen molar-refractivity contribution in [3.63, 3.8) is 0 Å². The van der Waals surface area contributed by atoms with Crippen LogP contribution in [0.4, 0.5) is 5.69 Å². The van der Waals surface area contributed by atoms with Gasteiger partial charge in [-0.1, -0.05) is 12.1 Å². The smallest absolute Gasteiger partial charge is 0.249 e. The molecule has 21 heavy (non-hydrogen) atoms. The Morgan fingerprint density at radius 3 is 2.90 bits per heavy atom. The van der Waals surface area contributed by atoms with E-state index in [4.69, 9.17) is 4.74 Å². The number of hydrogen-bond acceptors (Lipinski definition) is 4. The number of anilines is 1. The van der Waals surface area contributed by atoms with Crippen LogP contribution in [0.1, 0.15) is 12.8 Å². The first kappa shape index (κ1) is 15.3. The molecule has 1 heterocycles. The molecule has 1 aromatic carbocycles. The molecule has 6 heteroatoms. The van der Waals surface area contributed by atoms with E-state index in [0.29, 0.717) is 31.7 Å². The first-order chi connectivity index (χ1) is 10.2. The quantitative estimate of drug-likeness (QED) is 0.802. The lowest BCUT2D eigenvalue weighted by Gasteiger charge is -2.19. The summed E-state index contributed by atoms with van der Waals surface area (Å²) in [5.74, 6) is 0.467. The van der Waals surface area contributed by atoms with Crippen molar-refractivity contribution in [3.8, 4) is 5.75 Å². The summed E-state index contributed by atoms with van der Waals surface area (Å²) < 4.78 is 5.29. The van der Waals surface area contributed by atoms with E-state index >= 15 is 0 Å². The fraction of sp³-hybridized carbons (Fsp3) is 0.467. The summed E-state index contributed by atoms with van der Waals surface area (Å²) >= 11 is 0. The van der Waals surface area contributed by atoms with Gasteiger partial charge >= 0.3 is 0 Å². The van der Waals surface area contributed by atoms with Crippen molar-refractivity contribution >= 4 is 17.5 Å². The van der Waals surface area contributed by atoms with E-state index in [1.807, 2.05) is 24.3 Å². The molecule has 2 N–H and O–H groups in total. The van der Waals surface area contributed by atoms with Gasteiger partial charge in [0, 0.05) is 19.5 Å². The van der Waals surface area contributed by atoms with Gasteiger partial charge in [0.2, 0.25) is 11.8 Å². The molecule has 0 saturated carbocycles. The van der Waals surface area contributed by atoms with Crippen molar-refractivity contribution in [2.24, 2.45) is 0 Å². The number of rotatable bonds is 6. The maximum Gasteiger partial charge on any atom is 0.249 e. The molecule has 0 bridgehead atoms. The summed E-state index contributed by atoms with van der Waals surface area (Å²) in [5, 5.41) is 5.70. The van der Waals surface area contributed by atoms with Crippen LogP contribution in [0.25, 0.3) is 0 Å². The first-order valence-electron chi connectivity index (χ1n) is 7.05. The molecule has 0 spiro atoms. The van der Waals surface area contributed by atoms with E-state index in [1.54, 1.807) is 19.1 Å². The molecule has 0 aromatic heterocycles. The van der Waals surface area contributed by atoms with E-state index in [-0.39, 0.29) is 11.8 Å². The number of methoxy groups -OCH3 is 1. The van der Waals surface area contributed by atoms with Crippen LogP contribution in [0.3, 0.4) is 0 Å². The first-order valence-corrected chi connectivity index (χ1v) is 7.05. The van der Waals surface area contributed by atoms with Crippen LogP contribution < -0.4 is 20.3 Å². The Morgan fingerprint density at radius 2 is 2.19 bits per heavy atom. The van der Waals surface area contributed by atoms with Crippen molar-refractivity contribution in [1.29, 1.82) is 0 Å². The van der Waals surface area contributed by atoms with Gasteiger partial charge in [-0.3, -0.25) is 9.59 Å². The zero-order valence-electron chi connectivity index (χ0n) is 12.4. The molecule has 114 valence electrons. The van der Waals surface area contributed by atoms with Crippen molar-refractivity contribution in [1.82, 2.24) is 10.6 Å². The number of ether oxygens (including phenoxy) is 1. The second-order valence-electron chi connectivity index (χ2n) is 4.92. The van der Waals surface area contributed by atoms with E-state index in [9.17, 15) is 9.59 Å². The summed E-state index contributed by atoms with van der Waals surface area (Å²) in [6, 6.07) is 6.95. The molecule has 1 unspecified atom stereocenters. The minimum atomic E-state index is -0.445. The minimum Gasteiger partial charge on any atom is -0.495 e. The highest BCUT2D eigenvalue weighted by Crippen LogP contribution is 2.30. The van der Waals surface area contributed by atoms with Crippen LogP contribution in [0, 0.1) is 0 Å². The molecule has 6 nitrogen and oxygen atoms in total. The van der Waals surface area contributed by atoms with Gasteiger partial charge in [0.25, 0.3) is 0 Å². The maximum absolute atomic E-state index is 12.4. The molecule has 1 aliphatic rings. The number of nitrogens with zero attached hydrogens (tertiary/aromatic N) is 1. The second kappa shape index (κ2) is 7.08. The standard InChI is InChI=1S/C15H21N3O3/c1-16-9-7-14(19)17-11-8-10-18(15(11)20)12-5-3-4-6-13(12)21-2/h3-6,11,16H,7-10H2,1-2H3,(H,17,19). The number of amides is 2. The SMILES string of the molecule is CNCCC(=O)NC1CCN(c2ccccc2OC)C1=O. The number of hydrogen-bond donors (Lipinski definition) is 2. The zero-order valence-corrected chi connectivity index (χ0v) is 12.4. The molecule has 1 fully saturated rings. The highest BCUT2D eigenvalue weighted by Gasteiger charge is 2.34. The van der Waals surface area contributed by atoms with Gasteiger partial charge in [-0.2, -0.15) is 0 Å². The van der Waals surface area contributed by atoms with Gasteiger partial charge in [0.1, 0.15) is 11.8 Å². The predicted molar refractivity (Wildman–Crippen MR) is 80.4 cm³/mol. The summed E-state index contributed by atoms with van der Waals surface area (Å²) in [6.07, 6.45) is 0.983. The summed E-state index contributed by atoms with van der Waals surface area (Å²) in [4.78, 5) is 25.8. The number of carbonyl (C=O) groups excluding carboxylic acids is 2. The molecule has 0 aliphatic carbocycles. The maximum atomic E-state index is 12.4. The van der Waals surface area contributed by atoms with Crippen LogP contribution in [0.5, 0.6) is 5.75 Å². The lowest BCUT2D eigenvalue weighted by molar-refractivity contribution is -0.126. The van der Waals surface area contributed by atoms with Crippen LogP contribution in [-0.4, -0.2) is 45.1 Å². The van der Waals surface area contributed by atoms with Gasteiger partial charge in [-0.15, -0.1) is 0 Å². The van der Waals surface area contributed by atoms with Gasteiger partial charge in [-0.25, -0.2) is 0 Å². The van der Waals surface area contributed by atoms with Crippen molar-refractivity contribution in [2.75, 3.05) is 32.1 Å². The van der Waals surface area contributed by atoms with E-state index in [2.05, 4.69) is 10.6 Å². The highest BCUT2D eigenvalue weighted by molar-refractivity contribution is 6.02. The minimum absolute atomic E-state index is 0.0858. The van der Waals surface area contributed by atoms with Crippen molar-refractivity contribution < 1.29 is 14.3 Å². The van der Waals surface area contributed by atoms with Crippen LogP contribution in [-0.2, 0) is 9.59 Å². The van der Waals surface area contributed by atoms with Crippen molar-refractivity contribution in [2.45, 2.75) is 18.9 Å². The fourth-order valence-electron chi connectivity index (χ4n) is 2.41. The van der Waals surface area contributed by atoms with Gasteiger partial charge in [0.15, 0.2) is 0 Å². The van der Waals surface area contributed by atoms with Crippen LogP contribution in [0.15, 0.2) is 24.3 Å². The lowest BCUT2D eigenvalue weighted by atomic mass is 10.2. The van der Waals surface area contributed by atoms with Crippen LogP contribution >= 0.6 is 0 Å². The molecule has 1 aromatic rings. The Labute approximate surface area is 124 Å². The molecule has 1 aliphatic heterocycles. The molecule has 0 radical (unpaired) electrons. The summed E-state index contributed by atoms with van der Waals surface area (Å²) in [5.41, 5.74) is 0.747. The lowest BCUT2D eigenvalue weighted by Crippen LogP contribution is -2.42. The second-order valence-corrected chi connectivity index (χ2v) is 4.92. The third-order valence-corrected chi connectivity index (χ3v) is 3.52. The average molecular weight is 291 g/mol. The van der Waals surface area contributed by atoms with Crippen molar-refractivity contribution in [3.05, 3.63) is 24.3 Å².